The fraction of sp³-hybridized carbons (Fsp3) is 0.417. The van der Waals surface area contributed by atoms with E-state index in [1.165, 1.54) is 31.7 Å². The average molecular weight is 445 g/mol. The van der Waals surface area contributed by atoms with Crippen LogP contribution in [0.3, 0.4) is 0 Å². The molecule has 5 nitrogen and oxygen atoms in total. The minimum Gasteiger partial charge on any atom is -0.496 e. The highest BCUT2D eigenvalue weighted by atomic mass is 19.4. The van der Waals surface area contributed by atoms with Crippen LogP contribution in [0.1, 0.15) is 61.5 Å². The third kappa shape index (κ3) is 5.23. The number of hydrogen-bond donors (Lipinski definition) is 1. The lowest BCUT2D eigenvalue weighted by atomic mass is 10.00. The quantitative estimate of drug-likeness (QED) is 0.439. The molecule has 1 saturated carbocycles. The Morgan fingerprint density at radius 3 is 2.44 bits per heavy atom. The molecule has 4 rings (SSSR count). The van der Waals surface area contributed by atoms with Gasteiger partial charge in [-0.25, -0.2) is 4.98 Å². The number of rotatable bonds is 6. The Labute approximate surface area is 185 Å². The number of nitrogens with one attached hydrogen (secondary N) is 1. The summed E-state index contributed by atoms with van der Waals surface area (Å²) in [5, 5.41) is 0. The van der Waals surface area contributed by atoms with Crippen LogP contribution in [0.25, 0.3) is 11.3 Å². The van der Waals surface area contributed by atoms with E-state index in [2.05, 4.69) is 15.0 Å². The van der Waals surface area contributed by atoms with Crippen LogP contribution in [0.5, 0.6) is 11.5 Å². The first-order valence-electron chi connectivity index (χ1n) is 10.8. The first-order valence-corrected chi connectivity index (χ1v) is 10.8. The summed E-state index contributed by atoms with van der Waals surface area (Å²) in [4.78, 5) is 11.9. The molecule has 0 radical (unpaired) electrons. The van der Waals surface area contributed by atoms with Crippen LogP contribution in [0.4, 0.5) is 13.2 Å². The molecule has 3 aromatic rings. The second-order valence-corrected chi connectivity index (χ2v) is 8.06. The molecule has 0 atom stereocenters. The van der Waals surface area contributed by atoms with E-state index < -0.39 is 11.7 Å². The Bertz CT molecular complexity index is 1020. The van der Waals surface area contributed by atoms with E-state index in [1.807, 2.05) is 12.3 Å². The maximum absolute atomic E-state index is 12.7. The van der Waals surface area contributed by atoms with Gasteiger partial charge in [0.25, 0.3) is 0 Å². The molecule has 0 spiro atoms. The molecule has 1 aliphatic rings. The number of benzene rings is 1. The number of aromatic amines is 1. The number of hydrogen-bond acceptors (Lipinski definition) is 4. The number of alkyl halides is 3. The second-order valence-electron chi connectivity index (χ2n) is 8.06. The topological polar surface area (TPSA) is 60.0 Å². The van der Waals surface area contributed by atoms with Gasteiger partial charge in [-0.15, -0.1) is 0 Å². The molecule has 0 aliphatic heterocycles. The number of ether oxygens (including phenoxy) is 2. The summed E-state index contributed by atoms with van der Waals surface area (Å²) in [6.45, 7) is 0.0521. The monoisotopic (exact) mass is 445 g/mol. The maximum atomic E-state index is 12.7. The molecule has 8 heteroatoms. The van der Waals surface area contributed by atoms with E-state index in [0.29, 0.717) is 23.1 Å². The molecule has 170 valence electrons. The molecule has 1 aliphatic carbocycles. The lowest BCUT2D eigenvalue weighted by molar-refractivity contribution is -0.137. The molecule has 2 aromatic heterocycles. The van der Waals surface area contributed by atoms with Crippen molar-refractivity contribution in [1.29, 1.82) is 0 Å². The van der Waals surface area contributed by atoms with Gasteiger partial charge in [0.1, 0.15) is 23.9 Å². The molecule has 0 bridgehead atoms. The SMILES string of the molecule is COc1cc(OCc2ccc(C(F)(F)F)cn2)ccc1-c1cnc(C2CCCCCC2)[nH]1. The predicted molar refractivity (Wildman–Crippen MR) is 115 cm³/mol. The first kappa shape index (κ1) is 22.2. The molecule has 32 heavy (non-hydrogen) atoms. The Balaban J connectivity index is 1.45. The van der Waals surface area contributed by atoms with Crippen LogP contribution in [0.15, 0.2) is 42.7 Å². The highest BCUT2D eigenvalue weighted by Crippen LogP contribution is 2.35. The number of halogens is 3. The third-order valence-corrected chi connectivity index (χ3v) is 5.84. The number of nitrogens with zero attached hydrogens (tertiary/aromatic N) is 2. The van der Waals surface area contributed by atoms with Crippen LogP contribution in [0.2, 0.25) is 0 Å². The number of imidazole rings is 1. The van der Waals surface area contributed by atoms with Crippen LogP contribution >= 0.6 is 0 Å². The van der Waals surface area contributed by atoms with Crippen molar-refractivity contribution in [2.75, 3.05) is 7.11 Å². The third-order valence-electron chi connectivity index (χ3n) is 5.84. The molecule has 2 heterocycles. The van der Waals surface area contributed by atoms with Crippen molar-refractivity contribution in [2.24, 2.45) is 0 Å². The first-order chi connectivity index (χ1) is 15.4. The summed E-state index contributed by atoms with van der Waals surface area (Å²) in [5.74, 6) is 2.66. The molecule has 1 N–H and O–H groups in total. The van der Waals surface area contributed by atoms with Gasteiger partial charge in [-0.2, -0.15) is 13.2 Å². The average Bonchev–Trinajstić information content (AvgIpc) is 3.12. The van der Waals surface area contributed by atoms with Crippen molar-refractivity contribution < 1.29 is 22.6 Å². The van der Waals surface area contributed by atoms with E-state index in [9.17, 15) is 13.2 Å². The largest absolute Gasteiger partial charge is 0.496 e. The van der Waals surface area contributed by atoms with E-state index in [1.54, 1.807) is 19.2 Å². The molecule has 0 saturated heterocycles. The summed E-state index contributed by atoms with van der Waals surface area (Å²) in [5.41, 5.74) is 1.38. The Kier molecular flexibility index (Phi) is 6.67. The number of aromatic nitrogens is 3. The number of methoxy groups -OCH3 is 1. The van der Waals surface area contributed by atoms with Crippen molar-refractivity contribution in [1.82, 2.24) is 15.0 Å². The van der Waals surface area contributed by atoms with E-state index in [-0.39, 0.29) is 6.61 Å². The highest BCUT2D eigenvalue weighted by molar-refractivity contribution is 5.68. The minimum atomic E-state index is -4.40. The van der Waals surface area contributed by atoms with Crippen LogP contribution < -0.4 is 9.47 Å². The van der Waals surface area contributed by atoms with Crippen molar-refractivity contribution in [3.8, 4) is 22.8 Å². The van der Waals surface area contributed by atoms with Crippen LogP contribution in [-0.2, 0) is 12.8 Å². The van der Waals surface area contributed by atoms with Crippen LogP contribution in [0, 0.1) is 0 Å². The summed E-state index contributed by atoms with van der Waals surface area (Å²) >= 11 is 0. The standard InChI is InChI=1S/C24H26F3N3O2/c1-31-22-12-19(32-15-18-9-8-17(13-28-18)24(25,26)27)10-11-20(22)21-14-29-23(30-21)16-6-4-2-3-5-7-16/h8-14,16H,2-7,15H2,1H3,(H,29,30). The minimum absolute atomic E-state index is 0.0521. The van der Waals surface area contributed by atoms with Crippen molar-refractivity contribution >= 4 is 0 Å². The summed E-state index contributed by atoms with van der Waals surface area (Å²) in [7, 11) is 1.59. The predicted octanol–water partition coefficient (Wildman–Crippen LogP) is 6.52. The van der Waals surface area contributed by atoms with Gasteiger partial charge in [0.15, 0.2) is 0 Å². The van der Waals surface area contributed by atoms with E-state index >= 15 is 0 Å². The summed E-state index contributed by atoms with van der Waals surface area (Å²) in [6.07, 6.45) is 5.63. The van der Waals surface area contributed by atoms with Gasteiger partial charge in [0, 0.05) is 23.7 Å². The smallest absolute Gasteiger partial charge is 0.417 e. The zero-order chi connectivity index (χ0) is 22.6. The Morgan fingerprint density at radius 2 is 1.78 bits per heavy atom. The molecular formula is C24H26F3N3O2. The highest BCUT2D eigenvalue weighted by Gasteiger charge is 2.30. The molecule has 1 aromatic carbocycles. The van der Waals surface area contributed by atoms with Crippen molar-refractivity contribution in [3.63, 3.8) is 0 Å². The van der Waals surface area contributed by atoms with Gasteiger partial charge < -0.3 is 14.5 Å². The second kappa shape index (κ2) is 9.63. The molecule has 0 amide bonds. The van der Waals surface area contributed by atoms with Crippen LogP contribution in [-0.4, -0.2) is 22.1 Å². The lowest BCUT2D eigenvalue weighted by Crippen LogP contribution is -2.06. The molecule has 0 unspecified atom stereocenters. The lowest BCUT2D eigenvalue weighted by Gasteiger charge is -2.12. The fourth-order valence-electron chi connectivity index (χ4n) is 4.05. The maximum Gasteiger partial charge on any atom is 0.417 e. The van der Waals surface area contributed by atoms with Gasteiger partial charge in [0.2, 0.25) is 0 Å². The zero-order valence-electron chi connectivity index (χ0n) is 17.9. The van der Waals surface area contributed by atoms with Gasteiger partial charge in [-0.3, -0.25) is 4.98 Å². The van der Waals surface area contributed by atoms with E-state index in [0.717, 1.165) is 42.2 Å². The van der Waals surface area contributed by atoms with Gasteiger partial charge in [-0.05, 0) is 37.1 Å². The number of H-pyrrole nitrogens is 1. The Morgan fingerprint density at radius 1 is 1.00 bits per heavy atom. The van der Waals surface area contributed by atoms with Gasteiger partial charge in [-0.1, -0.05) is 25.7 Å². The fourth-order valence-corrected chi connectivity index (χ4v) is 4.05. The Hall–Kier alpha value is -3.03. The van der Waals surface area contributed by atoms with E-state index in [4.69, 9.17) is 9.47 Å². The molecular weight excluding hydrogens is 419 g/mol. The van der Waals surface area contributed by atoms with Gasteiger partial charge >= 0.3 is 6.18 Å². The molecule has 1 fully saturated rings. The summed E-state index contributed by atoms with van der Waals surface area (Å²) in [6, 6.07) is 7.76. The number of pyridine rings is 1. The van der Waals surface area contributed by atoms with Gasteiger partial charge in [0.05, 0.1) is 30.3 Å². The summed E-state index contributed by atoms with van der Waals surface area (Å²) < 4.78 is 49.3. The normalized spacial score (nSPS) is 15.4. The zero-order valence-corrected chi connectivity index (χ0v) is 17.9. The van der Waals surface area contributed by atoms with Crippen molar-refractivity contribution in [3.05, 3.63) is 59.8 Å². The van der Waals surface area contributed by atoms with Crippen molar-refractivity contribution in [2.45, 2.75) is 57.2 Å².